The lowest BCUT2D eigenvalue weighted by Gasteiger charge is -2.29. The third-order valence-electron chi connectivity index (χ3n) is 4.64. The van der Waals surface area contributed by atoms with E-state index >= 15 is 0 Å². The Labute approximate surface area is 193 Å². The second-order valence-corrected chi connectivity index (χ2v) is 9.07. The molecule has 0 radical (unpaired) electrons. The zero-order valence-corrected chi connectivity index (χ0v) is 19.7. The smallest absolute Gasteiger partial charge is 0.242 e. The fraction of sp³-hybridized carbons (Fsp3) is 0.391. The molecule has 0 saturated heterocycles. The second kappa shape index (κ2) is 12.9. The van der Waals surface area contributed by atoms with E-state index in [1.54, 1.807) is 29.7 Å². The topological polar surface area (TPSA) is 49.4 Å². The summed E-state index contributed by atoms with van der Waals surface area (Å²) in [5.41, 5.74) is 0.898. The first-order valence-electron chi connectivity index (χ1n) is 10.1. The van der Waals surface area contributed by atoms with Gasteiger partial charge in [-0.25, -0.2) is 0 Å². The number of benzene rings is 2. The summed E-state index contributed by atoms with van der Waals surface area (Å²) in [5.74, 6) is 0.426. The standard InChI is InChI=1S/C23H28Cl2N2O2S/c1-3-4-13-26-23(29)17(2)27(16-18-6-5-7-20(25)15-18)22(28)12-14-30-21-10-8-19(24)9-11-21/h5-11,15,17H,3-4,12-14,16H2,1-2H3,(H,26,29)/t17-/m0/s1. The molecule has 2 aromatic carbocycles. The molecule has 0 aromatic heterocycles. The Morgan fingerprint density at radius 1 is 1.10 bits per heavy atom. The first kappa shape index (κ1) is 24.6. The monoisotopic (exact) mass is 466 g/mol. The van der Waals surface area contributed by atoms with E-state index in [1.165, 1.54) is 0 Å². The van der Waals surface area contributed by atoms with Crippen molar-refractivity contribution >= 4 is 46.8 Å². The number of rotatable bonds is 11. The lowest BCUT2D eigenvalue weighted by molar-refractivity contribution is -0.140. The Hall–Kier alpha value is -1.69. The predicted octanol–water partition coefficient (Wildman–Crippen LogP) is 5.81. The maximum atomic E-state index is 13.0. The van der Waals surface area contributed by atoms with Crippen molar-refractivity contribution < 1.29 is 9.59 Å². The van der Waals surface area contributed by atoms with Gasteiger partial charge in [-0.3, -0.25) is 9.59 Å². The molecule has 1 N–H and O–H groups in total. The number of amides is 2. The fourth-order valence-corrected chi connectivity index (χ4v) is 4.06. The van der Waals surface area contributed by atoms with Gasteiger partial charge >= 0.3 is 0 Å². The number of carbonyl (C=O) groups is 2. The third-order valence-corrected chi connectivity index (χ3v) is 6.14. The van der Waals surface area contributed by atoms with Crippen molar-refractivity contribution in [2.45, 2.75) is 50.6 Å². The SMILES string of the molecule is CCCCNC(=O)[C@H](C)N(Cc1cccc(Cl)c1)C(=O)CCSc1ccc(Cl)cc1. The van der Waals surface area contributed by atoms with E-state index in [1.807, 2.05) is 42.5 Å². The minimum absolute atomic E-state index is 0.0606. The first-order chi connectivity index (χ1) is 14.4. The van der Waals surface area contributed by atoms with E-state index in [4.69, 9.17) is 23.2 Å². The van der Waals surface area contributed by atoms with Crippen LogP contribution in [-0.2, 0) is 16.1 Å². The highest BCUT2D eigenvalue weighted by molar-refractivity contribution is 7.99. The highest BCUT2D eigenvalue weighted by Gasteiger charge is 2.25. The predicted molar refractivity (Wildman–Crippen MR) is 126 cm³/mol. The van der Waals surface area contributed by atoms with Gasteiger partial charge in [0, 0.05) is 40.2 Å². The van der Waals surface area contributed by atoms with Crippen molar-refractivity contribution in [1.29, 1.82) is 0 Å². The van der Waals surface area contributed by atoms with Crippen molar-refractivity contribution in [2.75, 3.05) is 12.3 Å². The molecule has 30 heavy (non-hydrogen) atoms. The van der Waals surface area contributed by atoms with Gasteiger partial charge in [0.15, 0.2) is 0 Å². The summed E-state index contributed by atoms with van der Waals surface area (Å²) in [6.45, 7) is 4.80. The van der Waals surface area contributed by atoms with Crippen LogP contribution in [-0.4, -0.2) is 35.1 Å². The van der Waals surface area contributed by atoms with Crippen LogP contribution in [0.4, 0.5) is 0 Å². The molecule has 2 aromatic rings. The second-order valence-electron chi connectivity index (χ2n) is 7.02. The molecular weight excluding hydrogens is 439 g/mol. The molecule has 0 heterocycles. The first-order valence-corrected chi connectivity index (χ1v) is 11.8. The van der Waals surface area contributed by atoms with E-state index in [2.05, 4.69) is 12.2 Å². The zero-order valence-electron chi connectivity index (χ0n) is 17.4. The van der Waals surface area contributed by atoms with Crippen molar-refractivity contribution in [1.82, 2.24) is 10.2 Å². The van der Waals surface area contributed by atoms with E-state index in [0.29, 0.717) is 35.3 Å². The van der Waals surface area contributed by atoms with Crippen LogP contribution in [0.1, 0.15) is 38.7 Å². The molecule has 162 valence electrons. The molecule has 0 bridgehead atoms. The zero-order chi connectivity index (χ0) is 21.9. The van der Waals surface area contributed by atoms with Gasteiger partial charge in [-0.05, 0) is 55.3 Å². The largest absolute Gasteiger partial charge is 0.354 e. The lowest BCUT2D eigenvalue weighted by Crippen LogP contribution is -2.47. The number of unbranched alkanes of at least 4 members (excludes halogenated alkanes) is 1. The Kier molecular flexibility index (Phi) is 10.6. The molecule has 0 fully saturated rings. The number of nitrogens with one attached hydrogen (secondary N) is 1. The molecule has 0 aliphatic rings. The van der Waals surface area contributed by atoms with Gasteiger partial charge < -0.3 is 10.2 Å². The number of carbonyl (C=O) groups excluding carboxylic acids is 2. The Balaban J connectivity index is 2.03. The van der Waals surface area contributed by atoms with Gasteiger partial charge in [0.25, 0.3) is 0 Å². The Bertz CT molecular complexity index is 830. The van der Waals surface area contributed by atoms with Crippen LogP contribution >= 0.6 is 35.0 Å². The summed E-state index contributed by atoms with van der Waals surface area (Å²) in [6.07, 6.45) is 2.25. The number of hydrogen-bond donors (Lipinski definition) is 1. The molecule has 0 unspecified atom stereocenters. The summed E-state index contributed by atoms with van der Waals surface area (Å²) >= 11 is 13.6. The lowest BCUT2D eigenvalue weighted by atomic mass is 10.1. The van der Waals surface area contributed by atoms with E-state index in [9.17, 15) is 9.59 Å². The normalized spacial score (nSPS) is 11.7. The van der Waals surface area contributed by atoms with Crippen molar-refractivity contribution in [2.24, 2.45) is 0 Å². The maximum Gasteiger partial charge on any atom is 0.242 e. The quantitative estimate of drug-likeness (QED) is 0.335. The van der Waals surface area contributed by atoms with Gasteiger partial charge in [-0.2, -0.15) is 0 Å². The van der Waals surface area contributed by atoms with Gasteiger partial charge in [0.1, 0.15) is 6.04 Å². The minimum Gasteiger partial charge on any atom is -0.354 e. The summed E-state index contributed by atoms with van der Waals surface area (Å²) in [5, 5.41) is 4.22. The third kappa shape index (κ3) is 8.21. The van der Waals surface area contributed by atoms with E-state index in [0.717, 1.165) is 23.3 Å². The van der Waals surface area contributed by atoms with Crippen molar-refractivity contribution in [3.8, 4) is 0 Å². The van der Waals surface area contributed by atoms with E-state index < -0.39 is 6.04 Å². The van der Waals surface area contributed by atoms with Crippen LogP contribution in [0, 0.1) is 0 Å². The van der Waals surface area contributed by atoms with Gasteiger partial charge in [0.2, 0.25) is 11.8 Å². The summed E-state index contributed by atoms with van der Waals surface area (Å²) in [6, 6.07) is 14.4. The fourth-order valence-electron chi connectivity index (χ4n) is 2.88. The summed E-state index contributed by atoms with van der Waals surface area (Å²) in [7, 11) is 0. The number of thioether (sulfide) groups is 1. The molecule has 2 amide bonds. The van der Waals surface area contributed by atoms with Crippen molar-refractivity contribution in [3.05, 3.63) is 64.1 Å². The molecule has 4 nitrogen and oxygen atoms in total. The van der Waals surface area contributed by atoms with Crippen LogP contribution < -0.4 is 5.32 Å². The molecular formula is C23H28Cl2N2O2S. The van der Waals surface area contributed by atoms with Gasteiger partial charge in [-0.1, -0.05) is 48.7 Å². The van der Waals surface area contributed by atoms with Crippen LogP contribution in [0.25, 0.3) is 0 Å². The highest BCUT2D eigenvalue weighted by Crippen LogP contribution is 2.22. The van der Waals surface area contributed by atoms with Gasteiger partial charge in [0.05, 0.1) is 0 Å². The van der Waals surface area contributed by atoms with Crippen LogP contribution in [0.3, 0.4) is 0 Å². The molecule has 1 atom stereocenters. The molecule has 0 spiro atoms. The Morgan fingerprint density at radius 3 is 2.50 bits per heavy atom. The molecule has 0 aliphatic carbocycles. The van der Waals surface area contributed by atoms with Crippen molar-refractivity contribution in [3.63, 3.8) is 0 Å². The van der Waals surface area contributed by atoms with Crippen LogP contribution in [0.5, 0.6) is 0 Å². The maximum absolute atomic E-state index is 13.0. The summed E-state index contributed by atoms with van der Waals surface area (Å²) in [4.78, 5) is 28.3. The average molecular weight is 467 g/mol. The molecule has 0 aliphatic heterocycles. The number of nitrogens with zero attached hydrogens (tertiary/aromatic N) is 1. The summed E-state index contributed by atoms with van der Waals surface area (Å²) < 4.78 is 0. The van der Waals surface area contributed by atoms with Crippen LogP contribution in [0.2, 0.25) is 10.0 Å². The average Bonchev–Trinajstić information content (AvgIpc) is 2.73. The molecule has 2 rings (SSSR count). The highest BCUT2D eigenvalue weighted by atomic mass is 35.5. The van der Waals surface area contributed by atoms with Crippen LogP contribution in [0.15, 0.2) is 53.4 Å². The number of halogens is 2. The van der Waals surface area contributed by atoms with E-state index in [-0.39, 0.29) is 11.8 Å². The number of hydrogen-bond acceptors (Lipinski definition) is 3. The minimum atomic E-state index is -0.561. The van der Waals surface area contributed by atoms with Gasteiger partial charge in [-0.15, -0.1) is 11.8 Å². The molecule has 7 heteroatoms. The Morgan fingerprint density at radius 2 is 1.83 bits per heavy atom. The molecule has 0 saturated carbocycles.